The molecule has 0 spiro atoms. The van der Waals surface area contributed by atoms with E-state index in [1.165, 1.54) is 17.4 Å². The highest BCUT2D eigenvalue weighted by Crippen LogP contribution is 2.24. The zero-order chi connectivity index (χ0) is 16.6. The van der Waals surface area contributed by atoms with Crippen LogP contribution in [0, 0.1) is 20.8 Å². The molecular formula is C18H16O4S. The van der Waals surface area contributed by atoms with Crippen LogP contribution in [0.1, 0.15) is 31.2 Å². The van der Waals surface area contributed by atoms with Gasteiger partial charge in [-0.1, -0.05) is 12.1 Å². The standard InChI is InChI=1S/C18H16O4S/c1-10-4-6-14-13(8-16(19)22-17(14)12(10)3)9-21-18(20)15-7-5-11(2)23-15/h4-8H,9H2,1-3H3. The normalized spacial score (nSPS) is 10.9. The number of benzene rings is 1. The molecule has 0 aliphatic rings. The van der Waals surface area contributed by atoms with Crippen LogP contribution in [0.5, 0.6) is 0 Å². The monoisotopic (exact) mass is 328 g/mol. The highest BCUT2D eigenvalue weighted by atomic mass is 32.1. The van der Waals surface area contributed by atoms with Gasteiger partial charge in [-0.2, -0.15) is 0 Å². The minimum atomic E-state index is -0.441. The Balaban J connectivity index is 1.92. The van der Waals surface area contributed by atoms with Gasteiger partial charge in [0.25, 0.3) is 0 Å². The van der Waals surface area contributed by atoms with E-state index in [-0.39, 0.29) is 12.6 Å². The highest BCUT2D eigenvalue weighted by molar-refractivity contribution is 7.13. The maximum absolute atomic E-state index is 12.1. The van der Waals surface area contributed by atoms with Crippen LogP contribution < -0.4 is 5.63 Å². The van der Waals surface area contributed by atoms with E-state index in [2.05, 4.69) is 0 Å². The molecule has 0 atom stereocenters. The molecule has 23 heavy (non-hydrogen) atoms. The van der Waals surface area contributed by atoms with Crippen molar-refractivity contribution in [1.82, 2.24) is 0 Å². The number of carbonyl (C=O) groups excluding carboxylic acids is 1. The van der Waals surface area contributed by atoms with Gasteiger partial charge in [0.15, 0.2) is 0 Å². The molecule has 0 fully saturated rings. The Morgan fingerprint density at radius 2 is 1.96 bits per heavy atom. The van der Waals surface area contributed by atoms with Crippen molar-refractivity contribution in [3.05, 3.63) is 67.2 Å². The van der Waals surface area contributed by atoms with Crippen molar-refractivity contribution in [1.29, 1.82) is 0 Å². The van der Waals surface area contributed by atoms with E-state index in [4.69, 9.17) is 9.15 Å². The molecule has 3 aromatic rings. The molecular weight excluding hydrogens is 312 g/mol. The summed E-state index contributed by atoms with van der Waals surface area (Å²) in [6.45, 7) is 5.84. The Morgan fingerprint density at radius 3 is 2.65 bits per heavy atom. The number of esters is 1. The van der Waals surface area contributed by atoms with Gasteiger partial charge in [0, 0.05) is 21.9 Å². The van der Waals surface area contributed by atoms with Crippen molar-refractivity contribution in [2.45, 2.75) is 27.4 Å². The predicted molar refractivity (Wildman–Crippen MR) is 90.1 cm³/mol. The number of ether oxygens (including phenoxy) is 1. The molecule has 0 radical (unpaired) electrons. The molecule has 0 bridgehead atoms. The van der Waals surface area contributed by atoms with Gasteiger partial charge in [-0.15, -0.1) is 11.3 Å². The second-order valence-electron chi connectivity index (χ2n) is 5.46. The Labute approximate surface area is 137 Å². The Hall–Kier alpha value is -2.40. The summed E-state index contributed by atoms with van der Waals surface area (Å²) in [4.78, 5) is 25.4. The van der Waals surface area contributed by atoms with Crippen LogP contribution in [0.4, 0.5) is 0 Å². The molecule has 0 saturated carbocycles. The number of carbonyl (C=O) groups is 1. The minimum Gasteiger partial charge on any atom is -0.457 e. The van der Waals surface area contributed by atoms with Crippen LogP contribution in [-0.4, -0.2) is 5.97 Å². The smallest absolute Gasteiger partial charge is 0.348 e. The van der Waals surface area contributed by atoms with E-state index < -0.39 is 5.63 Å². The lowest BCUT2D eigenvalue weighted by molar-refractivity contribution is 0.0479. The summed E-state index contributed by atoms with van der Waals surface area (Å²) >= 11 is 1.39. The maximum atomic E-state index is 12.1. The number of aryl methyl sites for hydroxylation is 3. The third kappa shape index (κ3) is 3.05. The molecule has 0 amide bonds. The fourth-order valence-corrected chi connectivity index (χ4v) is 3.16. The lowest BCUT2D eigenvalue weighted by Crippen LogP contribution is -2.07. The molecule has 1 aromatic carbocycles. The third-order valence-electron chi connectivity index (χ3n) is 3.82. The van der Waals surface area contributed by atoms with Gasteiger partial charge < -0.3 is 9.15 Å². The summed E-state index contributed by atoms with van der Waals surface area (Å²) in [5.41, 5.74) is 2.73. The van der Waals surface area contributed by atoms with Gasteiger partial charge in [-0.05, 0) is 44.0 Å². The molecule has 0 saturated heterocycles. The Bertz CT molecular complexity index is 949. The molecule has 0 N–H and O–H groups in total. The van der Waals surface area contributed by atoms with Crippen LogP contribution in [0.25, 0.3) is 11.0 Å². The zero-order valence-electron chi connectivity index (χ0n) is 13.1. The molecule has 2 aromatic heterocycles. The molecule has 0 unspecified atom stereocenters. The van der Waals surface area contributed by atoms with E-state index in [9.17, 15) is 9.59 Å². The van der Waals surface area contributed by atoms with Crippen LogP contribution in [0.3, 0.4) is 0 Å². The van der Waals surface area contributed by atoms with E-state index in [1.54, 1.807) is 6.07 Å². The van der Waals surface area contributed by atoms with E-state index in [0.717, 1.165) is 21.4 Å². The van der Waals surface area contributed by atoms with Crippen molar-refractivity contribution >= 4 is 28.3 Å². The van der Waals surface area contributed by atoms with Gasteiger partial charge in [0.2, 0.25) is 0 Å². The first-order valence-corrected chi connectivity index (χ1v) is 8.04. The van der Waals surface area contributed by atoms with Crippen LogP contribution >= 0.6 is 11.3 Å². The first-order chi connectivity index (χ1) is 11.0. The van der Waals surface area contributed by atoms with Crippen molar-refractivity contribution < 1.29 is 13.9 Å². The SMILES string of the molecule is Cc1ccc(C(=O)OCc2cc(=O)oc3c(C)c(C)ccc23)s1. The largest absolute Gasteiger partial charge is 0.457 e. The van der Waals surface area contributed by atoms with E-state index in [0.29, 0.717) is 16.0 Å². The van der Waals surface area contributed by atoms with Crippen LogP contribution in [0.15, 0.2) is 39.5 Å². The van der Waals surface area contributed by atoms with Gasteiger partial charge in [0.1, 0.15) is 17.1 Å². The van der Waals surface area contributed by atoms with Gasteiger partial charge in [-0.25, -0.2) is 9.59 Å². The van der Waals surface area contributed by atoms with Crippen LogP contribution in [-0.2, 0) is 11.3 Å². The summed E-state index contributed by atoms with van der Waals surface area (Å²) < 4.78 is 10.7. The summed E-state index contributed by atoms with van der Waals surface area (Å²) in [5.74, 6) is -0.381. The molecule has 2 heterocycles. The van der Waals surface area contributed by atoms with Crippen molar-refractivity contribution in [2.24, 2.45) is 0 Å². The third-order valence-corrected chi connectivity index (χ3v) is 4.80. The van der Waals surface area contributed by atoms with Gasteiger partial charge in [-0.3, -0.25) is 0 Å². The number of hydrogen-bond donors (Lipinski definition) is 0. The summed E-state index contributed by atoms with van der Waals surface area (Å²) in [5, 5.41) is 0.794. The second-order valence-corrected chi connectivity index (χ2v) is 6.75. The molecule has 4 nitrogen and oxygen atoms in total. The maximum Gasteiger partial charge on any atom is 0.348 e. The minimum absolute atomic E-state index is 0.0420. The fraction of sp³-hybridized carbons (Fsp3) is 0.222. The lowest BCUT2D eigenvalue weighted by Gasteiger charge is -2.09. The molecule has 0 aliphatic heterocycles. The number of thiophene rings is 1. The van der Waals surface area contributed by atoms with E-state index in [1.807, 2.05) is 39.0 Å². The predicted octanol–water partition coefficient (Wildman–Crippen LogP) is 4.14. The first-order valence-electron chi connectivity index (χ1n) is 7.22. The van der Waals surface area contributed by atoms with Crippen molar-refractivity contribution in [2.75, 3.05) is 0 Å². The Kier molecular flexibility index (Phi) is 4.05. The average molecular weight is 328 g/mol. The van der Waals surface area contributed by atoms with Crippen molar-refractivity contribution in [3.8, 4) is 0 Å². The van der Waals surface area contributed by atoms with Crippen LogP contribution in [0.2, 0.25) is 0 Å². The number of hydrogen-bond acceptors (Lipinski definition) is 5. The molecule has 3 rings (SSSR count). The summed E-state index contributed by atoms with van der Waals surface area (Å²) in [6.07, 6.45) is 0. The van der Waals surface area contributed by atoms with Gasteiger partial charge >= 0.3 is 11.6 Å². The Morgan fingerprint density at radius 1 is 1.17 bits per heavy atom. The van der Waals surface area contributed by atoms with Crippen molar-refractivity contribution in [3.63, 3.8) is 0 Å². The first kappa shape index (κ1) is 15.5. The second kappa shape index (κ2) is 6.01. The fourth-order valence-electron chi connectivity index (χ4n) is 2.40. The zero-order valence-corrected chi connectivity index (χ0v) is 14.0. The summed E-state index contributed by atoms with van der Waals surface area (Å²) in [6, 6.07) is 8.85. The molecule has 5 heteroatoms. The summed E-state index contributed by atoms with van der Waals surface area (Å²) in [7, 11) is 0. The number of fused-ring (bicyclic) bond motifs is 1. The quantitative estimate of drug-likeness (QED) is 0.536. The lowest BCUT2D eigenvalue weighted by atomic mass is 10.0. The van der Waals surface area contributed by atoms with E-state index >= 15 is 0 Å². The average Bonchev–Trinajstić information content (AvgIpc) is 2.95. The van der Waals surface area contributed by atoms with Gasteiger partial charge in [0.05, 0.1) is 0 Å². The topological polar surface area (TPSA) is 56.5 Å². The molecule has 0 aliphatic carbocycles. The number of rotatable bonds is 3. The molecule has 118 valence electrons. The highest BCUT2D eigenvalue weighted by Gasteiger charge is 2.13.